The predicted octanol–water partition coefficient (Wildman–Crippen LogP) is 4.08. The van der Waals surface area contributed by atoms with E-state index in [1.165, 1.54) is 18.2 Å². The molecule has 0 atom stereocenters. The van der Waals surface area contributed by atoms with Gasteiger partial charge in [0, 0.05) is 5.69 Å². The lowest BCUT2D eigenvalue weighted by Crippen LogP contribution is -2.14. The van der Waals surface area contributed by atoms with E-state index < -0.39 is 21.8 Å². The van der Waals surface area contributed by atoms with Gasteiger partial charge in [-0.2, -0.15) is 13.2 Å². The smallest absolute Gasteiger partial charge is 0.420 e. The van der Waals surface area contributed by atoms with Gasteiger partial charge >= 0.3 is 6.18 Å². The van der Waals surface area contributed by atoms with Gasteiger partial charge in [0.1, 0.15) is 5.75 Å². The standard InChI is InChI=1S/C16H16F3NO3S/c1-3-11-4-7-13(8-5-11)24(21,22)20-12-6-9-15(23-2)14(10-12)16(17,18)19/h4-10,20H,3H2,1-2H3. The van der Waals surface area contributed by atoms with E-state index in [2.05, 4.69) is 9.46 Å². The minimum absolute atomic E-state index is 0.0240. The Labute approximate surface area is 138 Å². The van der Waals surface area contributed by atoms with Gasteiger partial charge in [0.2, 0.25) is 0 Å². The minimum atomic E-state index is -4.66. The monoisotopic (exact) mass is 359 g/mol. The van der Waals surface area contributed by atoms with E-state index in [0.29, 0.717) is 6.07 Å². The zero-order valence-electron chi connectivity index (χ0n) is 13.0. The van der Waals surface area contributed by atoms with Crippen LogP contribution in [0.3, 0.4) is 0 Å². The highest BCUT2D eigenvalue weighted by Gasteiger charge is 2.34. The molecule has 0 saturated heterocycles. The number of hydrogen-bond acceptors (Lipinski definition) is 3. The molecular weight excluding hydrogens is 343 g/mol. The number of benzene rings is 2. The fourth-order valence-electron chi connectivity index (χ4n) is 2.11. The van der Waals surface area contributed by atoms with Crippen LogP contribution in [0.4, 0.5) is 18.9 Å². The Morgan fingerprint density at radius 2 is 1.71 bits per heavy atom. The van der Waals surface area contributed by atoms with Crippen molar-refractivity contribution in [3.63, 3.8) is 0 Å². The van der Waals surface area contributed by atoms with Gasteiger partial charge in [-0.25, -0.2) is 8.42 Å². The van der Waals surface area contributed by atoms with Crippen LogP contribution in [0, 0.1) is 0 Å². The summed E-state index contributed by atoms with van der Waals surface area (Å²) in [6.45, 7) is 1.93. The molecule has 2 aromatic carbocycles. The van der Waals surface area contributed by atoms with Crippen molar-refractivity contribution in [2.75, 3.05) is 11.8 Å². The lowest BCUT2D eigenvalue weighted by molar-refractivity contribution is -0.138. The molecule has 8 heteroatoms. The van der Waals surface area contributed by atoms with Gasteiger partial charge in [0.15, 0.2) is 0 Å². The maximum Gasteiger partial charge on any atom is 0.420 e. The van der Waals surface area contributed by atoms with Gasteiger partial charge in [-0.1, -0.05) is 19.1 Å². The Morgan fingerprint density at radius 1 is 1.08 bits per heavy atom. The van der Waals surface area contributed by atoms with Crippen LogP contribution in [0.5, 0.6) is 5.75 Å². The molecule has 130 valence electrons. The first kappa shape index (κ1) is 18.1. The van der Waals surface area contributed by atoms with E-state index >= 15 is 0 Å². The average molecular weight is 359 g/mol. The number of anilines is 1. The highest BCUT2D eigenvalue weighted by Crippen LogP contribution is 2.38. The fourth-order valence-corrected chi connectivity index (χ4v) is 3.16. The van der Waals surface area contributed by atoms with Crippen LogP contribution in [0.15, 0.2) is 47.4 Å². The van der Waals surface area contributed by atoms with Crippen molar-refractivity contribution >= 4 is 15.7 Å². The maximum atomic E-state index is 13.0. The third-order valence-electron chi connectivity index (χ3n) is 3.40. The van der Waals surface area contributed by atoms with Gasteiger partial charge in [0.25, 0.3) is 10.0 Å². The van der Waals surface area contributed by atoms with Crippen LogP contribution in [0.2, 0.25) is 0 Å². The SMILES string of the molecule is CCc1ccc(S(=O)(=O)Nc2ccc(OC)c(C(F)(F)F)c2)cc1. The van der Waals surface area contributed by atoms with E-state index in [9.17, 15) is 21.6 Å². The normalized spacial score (nSPS) is 12.0. The summed E-state index contributed by atoms with van der Waals surface area (Å²) in [5.41, 5.74) is -0.285. The summed E-state index contributed by atoms with van der Waals surface area (Å²) in [5, 5.41) is 0. The third kappa shape index (κ3) is 4.00. The topological polar surface area (TPSA) is 55.4 Å². The van der Waals surface area contributed by atoms with Crippen LogP contribution in [-0.4, -0.2) is 15.5 Å². The summed E-state index contributed by atoms with van der Waals surface area (Å²) in [4.78, 5) is -0.0240. The highest BCUT2D eigenvalue weighted by atomic mass is 32.2. The van der Waals surface area contributed by atoms with Crippen LogP contribution in [0.1, 0.15) is 18.1 Å². The number of rotatable bonds is 5. The van der Waals surface area contributed by atoms with E-state index in [1.807, 2.05) is 6.92 Å². The quantitative estimate of drug-likeness (QED) is 0.875. The molecule has 24 heavy (non-hydrogen) atoms. The summed E-state index contributed by atoms with van der Waals surface area (Å²) in [7, 11) is -2.86. The van der Waals surface area contributed by atoms with Crippen molar-refractivity contribution in [1.82, 2.24) is 0 Å². The van der Waals surface area contributed by atoms with Gasteiger partial charge in [-0.3, -0.25) is 4.72 Å². The molecule has 1 N–H and O–H groups in total. The van der Waals surface area contributed by atoms with Crippen molar-refractivity contribution in [3.05, 3.63) is 53.6 Å². The molecule has 0 aliphatic heterocycles. The molecule has 0 amide bonds. The third-order valence-corrected chi connectivity index (χ3v) is 4.80. The Bertz CT molecular complexity index is 815. The zero-order valence-corrected chi connectivity index (χ0v) is 13.8. The van der Waals surface area contributed by atoms with Crippen molar-refractivity contribution in [2.24, 2.45) is 0 Å². The van der Waals surface area contributed by atoms with E-state index in [1.54, 1.807) is 12.1 Å². The maximum absolute atomic E-state index is 13.0. The number of nitrogens with one attached hydrogen (secondary N) is 1. The second-order valence-electron chi connectivity index (χ2n) is 5.02. The first-order valence-electron chi connectivity index (χ1n) is 7.04. The van der Waals surface area contributed by atoms with Gasteiger partial charge in [0.05, 0.1) is 17.6 Å². The summed E-state index contributed by atoms with van der Waals surface area (Å²) in [6.07, 6.45) is -3.91. The molecule has 0 fully saturated rings. The zero-order chi connectivity index (χ0) is 18.0. The van der Waals surface area contributed by atoms with Gasteiger partial charge in [-0.15, -0.1) is 0 Å². The first-order valence-corrected chi connectivity index (χ1v) is 8.52. The Morgan fingerprint density at radius 3 is 2.21 bits per heavy atom. The van der Waals surface area contributed by atoms with Crippen LogP contribution < -0.4 is 9.46 Å². The number of sulfonamides is 1. The molecule has 0 aliphatic rings. The summed E-state index contributed by atoms with van der Waals surface area (Å²) < 4.78 is 70.4. The van der Waals surface area contributed by atoms with Crippen molar-refractivity contribution in [2.45, 2.75) is 24.4 Å². The molecule has 2 aromatic rings. The Kier molecular flexibility index (Phi) is 5.08. The van der Waals surface area contributed by atoms with Gasteiger partial charge in [-0.05, 0) is 42.3 Å². The lowest BCUT2D eigenvalue weighted by Gasteiger charge is -2.14. The average Bonchev–Trinajstić information content (AvgIpc) is 2.53. The molecule has 0 spiro atoms. The number of ether oxygens (including phenoxy) is 1. The number of methoxy groups -OCH3 is 1. The molecule has 2 rings (SSSR count). The van der Waals surface area contributed by atoms with Crippen LogP contribution >= 0.6 is 0 Å². The summed E-state index contributed by atoms with van der Waals surface area (Å²) >= 11 is 0. The fraction of sp³-hybridized carbons (Fsp3) is 0.250. The number of aryl methyl sites for hydroxylation is 1. The summed E-state index contributed by atoms with van der Waals surface area (Å²) in [6, 6.07) is 9.13. The Balaban J connectivity index is 2.35. The van der Waals surface area contributed by atoms with Crippen LogP contribution in [-0.2, 0) is 22.6 Å². The molecule has 0 aromatic heterocycles. The molecule has 0 unspecified atom stereocenters. The van der Waals surface area contributed by atoms with E-state index in [-0.39, 0.29) is 16.3 Å². The lowest BCUT2D eigenvalue weighted by atomic mass is 10.1. The van der Waals surface area contributed by atoms with Gasteiger partial charge < -0.3 is 4.74 Å². The summed E-state index contributed by atoms with van der Waals surface area (Å²) in [5.74, 6) is -0.377. The second kappa shape index (κ2) is 6.72. The van der Waals surface area contributed by atoms with Crippen molar-refractivity contribution in [1.29, 1.82) is 0 Å². The molecule has 0 heterocycles. The molecule has 0 saturated carbocycles. The molecular formula is C16H16F3NO3S. The second-order valence-corrected chi connectivity index (χ2v) is 6.70. The van der Waals surface area contributed by atoms with E-state index in [4.69, 9.17) is 0 Å². The Hall–Kier alpha value is -2.22. The number of hydrogen-bond donors (Lipinski definition) is 1. The number of halogens is 3. The molecule has 0 bridgehead atoms. The molecule has 0 aliphatic carbocycles. The molecule has 0 radical (unpaired) electrons. The minimum Gasteiger partial charge on any atom is -0.496 e. The largest absolute Gasteiger partial charge is 0.496 e. The first-order chi connectivity index (χ1) is 11.2. The van der Waals surface area contributed by atoms with Crippen LogP contribution in [0.25, 0.3) is 0 Å². The highest BCUT2D eigenvalue weighted by molar-refractivity contribution is 7.92. The van der Waals surface area contributed by atoms with Crippen molar-refractivity contribution in [3.8, 4) is 5.75 Å². The van der Waals surface area contributed by atoms with Crippen molar-refractivity contribution < 1.29 is 26.3 Å². The molecule has 4 nitrogen and oxygen atoms in total. The number of alkyl halides is 3. The van der Waals surface area contributed by atoms with E-state index in [0.717, 1.165) is 25.2 Å². The predicted molar refractivity (Wildman–Crippen MR) is 84.6 cm³/mol.